The van der Waals surface area contributed by atoms with Gasteiger partial charge in [0, 0.05) is 0 Å². The molecule has 0 bridgehead atoms. The van der Waals surface area contributed by atoms with Crippen molar-refractivity contribution in [2.75, 3.05) is 10.8 Å². The number of aryl methyl sites for hydroxylation is 1. The number of benzene rings is 3. The summed E-state index contributed by atoms with van der Waals surface area (Å²) in [5, 5.41) is 11.1. The molecule has 0 spiro atoms. The highest BCUT2D eigenvalue weighted by molar-refractivity contribution is 7.99. The Morgan fingerprint density at radius 1 is 0.875 bits per heavy atom. The van der Waals surface area contributed by atoms with Crippen LogP contribution < -0.4 is 10.4 Å². The largest absolute Gasteiger partial charge is 0.302 e. The van der Waals surface area contributed by atoms with E-state index in [1.54, 1.807) is 0 Å². The molecule has 162 valence electrons. The number of hydrogen-bond acceptors (Lipinski definition) is 5. The molecule has 0 saturated heterocycles. The summed E-state index contributed by atoms with van der Waals surface area (Å²) in [5.74, 6) is 0.971. The van der Waals surface area contributed by atoms with Crippen LogP contribution in [0.4, 0.5) is 5.69 Å². The summed E-state index contributed by atoms with van der Waals surface area (Å²) in [6, 6.07) is 30.1. The number of thioether (sulfide) groups is 1. The quantitative estimate of drug-likeness (QED) is 0.306. The molecular weight excluding hydrogens is 418 g/mol. The molecule has 32 heavy (non-hydrogen) atoms. The number of nitrogens with one attached hydrogen (secondary N) is 1. The molecule has 4 rings (SSSR count). The Hall–Kier alpha value is -3.58. The molecule has 7 heteroatoms. The number of hydrogen-bond donors (Lipinski definition) is 1. The molecule has 1 amide bonds. The lowest BCUT2D eigenvalue weighted by Gasteiger charge is -2.25. The first-order chi connectivity index (χ1) is 15.7. The molecule has 0 unspecified atom stereocenters. The molecule has 0 aliphatic heterocycles. The van der Waals surface area contributed by atoms with Crippen LogP contribution in [0, 0.1) is 6.92 Å². The normalized spacial score (nSPS) is 10.7. The monoisotopic (exact) mass is 443 g/mol. The fourth-order valence-corrected chi connectivity index (χ4v) is 4.07. The smallest absolute Gasteiger partial charge is 0.248 e. The first-order valence-corrected chi connectivity index (χ1v) is 11.4. The van der Waals surface area contributed by atoms with Gasteiger partial charge in [-0.15, -0.1) is 10.2 Å². The van der Waals surface area contributed by atoms with Crippen LogP contribution in [0.25, 0.3) is 0 Å². The molecule has 1 N–H and O–H groups in total. The fourth-order valence-electron chi connectivity index (χ4n) is 3.30. The van der Waals surface area contributed by atoms with Crippen molar-refractivity contribution in [1.82, 2.24) is 20.2 Å². The van der Waals surface area contributed by atoms with Crippen molar-refractivity contribution >= 4 is 23.4 Å². The van der Waals surface area contributed by atoms with E-state index in [4.69, 9.17) is 0 Å². The molecule has 0 fully saturated rings. The van der Waals surface area contributed by atoms with E-state index in [0.717, 1.165) is 22.2 Å². The summed E-state index contributed by atoms with van der Waals surface area (Å²) in [6.45, 7) is 3.18. The SMILES string of the molecule is Cc1nnc(SCC(=O)NN(Cc2ccccc2)c2ccccc2)n1Cc1ccccc1. The minimum absolute atomic E-state index is 0.0956. The van der Waals surface area contributed by atoms with Gasteiger partial charge in [0.25, 0.3) is 0 Å². The summed E-state index contributed by atoms with van der Waals surface area (Å²) in [5.41, 5.74) is 6.25. The zero-order chi connectivity index (χ0) is 22.2. The highest BCUT2D eigenvalue weighted by Crippen LogP contribution is 2.19. The van der Waals surface area contributed by atoms with Crippen molar-refractivity contribution < 1.29 is 4.79 Å². The summed E-state index contributed by atoms with van der Waals surface area (Å²) < 4.78 is 2.03. The second-order valence-corrected chi connectivity index (χ2v) is 8.27. The number of hydrazine groups is 1. The summed E-state index contributed by atoms with van der Waals surface area (Å²) >= 11 is 1.39. The Bertz CT molecular complexity index is 1130. The Morgan fingerprint density at radius 3 is 2.12 bits per heavy atom. The number of carbonyl (C=O) groups is 1. The topological polar surface area (TPSA) is 63.1 Å². The third-order valence-electron chi connectivity index (χ3n) is 4.93. The third kappa shape index (κ3) is 5.76. The van der Waals surface area contributed by atoms with Gasteiger partial charge in [0.1, 0.15) is 5.82 Å². The van der Waals surface area contributed by atoms with Gasteiger partial charge in [0.2, 0.25) is 5.91 Å². The lowest BCUT2D eigenvalue weighted by molar-refractivity contribution is -0.118. The molecular formula is C25H25N5OS. The van der Waals surface area contributed by atoms with E-state index in [2.05, 4.69) is 27.8 Å². The lowest BCUT2D eigenvalue weighted by Crippen LogP contribution is -2.42. The van der Waals surface area contributed by atoms with Gasteiger partial charge in [0.15, 0.2) is 5.16 Å². The van der Waals surface area contributed by atoms with Gasteiger partial charge >= 0.3 is 0 Å². The van der Waals surface area contributed by atoms with Gasteiger partial charge in [0.05, 0.1) is 24.5 Å². The molecule has 0 aliphatic rings. The minimum Gasteiger partial charge on any atom is -0.302 e. The van der Waals surface area contributed by atoms with Crippen LogP contribution in [0.2, 0.25) is 0 Å². The number of amides is 1. The van der Waals surface area contributed by atoms with Crippen LogP contribution in [-0.4, -0.2) is 26.4 Å². The van der Waals surface area contributed by atoms with Crippen LogP contribution in [-0.2, 0) is 17.9 Å². The lowest BCUT2D eigenvalue weighted by atomic mass is 10.2. The zero-order valence-electron chi connectivity index (χ0n) is 17.9. The second kappa shape index (κ2) is 10.6. The van der Waals surface area contributed by atoms with E-state index >= 15 is 0 Å². The number of carbonyl (C=O) groups excluding carboxylic acids is 1. The van der Waals surface area contributed by atoms with Crippen molar-refractivity contribution in [3.63, 3.8) is 0 Å². The number of anilines is 1. The predicted molar refractivity (Wildman–Crippen MR) is 128 cm³/mol. The predicted octanol–water partition coefficient (Wildman–Crippen LogP) is 4.46. The maximum atomic E-state index is 12.8. The molecule has 1 heterocycles. The van der Waals surface area contributed by atoms with Crippen molar-refractivity contribution in [2.24, 2.45) is 0 Å². The highest BCUT2D eigenvalue weighted by atomic mass is 32.2. The average Bonchev–Trinajstić information content (AvgIpc) is 3.18. The van der Waals surface area contributed by atoms with Gasteiger partial charge in [-0.3, -0.25) is 15.2 Å². The van der Waals surface area contributed by atoms with Crippen LogP contribution in [0.5, 0.6) is 0 Å². The number of para-hydroxylation sites is 1. The summed E-state index contributed by atoms with van der Waals surface area (Å²) in [4.78, 5) is 12.8. The molecule has 1 aromatic heterocycles. The van der Waals surface area contributed by atoms with Crippen LogP contribution in [0.15, 0.2) is 96.2 Å². The average molecular weight is 444 g/mol. The number of nitrogens with zero attached hydrogens (tertiary/aromatic N) is 4. The zero-order valence-corrected chi connectivity index (χ0v) is 18.7. The summed E-state index contributed by atoms with van der Waals surface area (Å²) in [6.07, 6.45) is 0. The van der Waals surface area contributed by atoms with E-state index in [0.29, 0.717) is 13.1 Å². The Kier molecular flexibility index (Phi) is 7.19. The molecule has 0 aliphatic carbocycles. The Labute approximate surface area is 192 Å². The van der Waals surface area contributed by atoms with E-state index < -0.39 is 0 Å². The van der Waals surface area contributed by atoms with Crippen molar-refractivity contribution in [3.05, 3.63) is 108 Å². The van der Waals surface area contributed by atoms with Crippen molar-refractivity contribution in [1.29, 1.82) is 0 Å². The standard InChI is InChI=1S/C25H25N5OS/c1-20-26-27-25(29(20)17-21-11-5-2-6-12-21)32-19-24(31)28-30(23-15-9-4-10-16-23)18-22-13-7-3-8-14-22/h2-16H,17-19H2,1H3,(H,28,31). The van der Waals surface area contributed by atoms with Crippen LogP contribution >= 0.6 is 11.8 Å². The first kappa shape index (κ1) is 21.6. The van der Waals surface area contributed by atoms with Crippen LogP contribution in [0.1, 0.15) is 17.0 Å². The first-order valence-electron chi connectivity index (χ1n) is 10.4. The van der Waals surface area contributed by atoms with Gasteiger partial charge in [-0.2, -0.15) is 0 Å². The third-order valence-corrected chi connectivity index (χ3v) is 5.90. The van der Waals surface area contributed by atoms with E-state index in [9.17, 15) is 4.79 Å². The Balaban J connectivity index is 1.42. The van der Waals surface area contributed by atoms with Crippen molar-refractivity contribution in [2.45, 2.75) is 25.2 Å². The van der Waals surface area contributed by atoms with Gasteiger partial charge in [-0.1, -0.05) is 90.6 Å². The summed E-state index contributed by atoms with van der Waals surface area (Å²) in [7, 11) is 0. The maximum Gasteiger partial charge on any atom is 0.248 e. The molecule has 0 atom stereocenters. The molecule has 0 radical (unpaired) electrons. The highest BCUT2D eigenvalue weighted by Gasteiger charge is 2.15. The van der Waals surface area contributed by atoms with Gasteiger partial charge < -0.3 is 4.57 Å². The molecule has 0 saturated carbocycles. The van der Waals surface area contributed by atoms with Crippen LogP contribution in [0.3, 0.4) is 0 Å². The molecule has 3 aromatic carbocycles. The van der Waals surface area contributed by atoms with Crippen molar-refractivity contribution in [3.8, 4) is 0 Å². The Morgan fingerprint density at radius 2 is 1.47 bits per heavy atom. The van der Waals surface area contributed by atoms with Gasteiger partial charge in [-0.05, 0) is 30.2 Å². The van der Waals surface area contributed by atoms with Gasteiger partial charge in [-0.25, -0.2) is 0 Å². The van der Waals surface area contributed by atoms with E-state index in [-0.39, 0.29) is 11.7 Å². The maximum absolute atomic E-state index is 12.8. The number of rotatable bonds is 9. The van der Waals surface area contributed by atoms with E-state index in [1.165, 1.54) is 17.3 Å². The fraction of sp³-hybridized carbons (Fsp3) is 0.160. The van der Waals surface area contributed by atoms with E-state index in [1.807, 2.05) is 95.4 Å². The minimum atomic E-state index is -0.0956. The second-order valence-electron chi connectivity index (χ2n) is 7.33. The molecule has 4 aromatic rings. The number of aromatic nitrogens is 3. The molecule has 6 nitrogen and oxygen atoms in total.